The van der Waals surface area contributed by atoms with Gasteiger partial charge in [-0.2, -0.15) is 0 Å². The maximum atomic E-state index is 11.4. The van der Waals surface area contributed by atoms with Crippen LogP contribution in [0.3, 0.4) is 0 Å². The molecule has 3 aliphatic rings. The molecule has 0 bridgehead atoms. The highest BCUT2D eigenvalue weighted by atomic mass is 16.7. The van der Waals surface area contributed by atoms with Crippen molar-refractivity contribution in [2.45, 2.75) is 69.9 Å². The minimum atomic E-state index is -0.249. The van der Waals surface area contributed by atoms with Crippen LogP contribution in [0, 0.1) is 5.92 Å². The Morgan fingerprint density at radius 1 is 1.18 bits per heavy atom. The zero-order valence-corrected chi connectivity index (χ0v) is 11.2. The lowest BCUT2D eigenvalue weighted by Gasteiger charge is -2.32. The first-order valence-corrected chi connectivity index (χ1v) is 6.64. The van der Waals surface area contributed by atoms with Gasteiger partial charge in [0.1, 0.15) is 5.78 Å². The van der Waals surface area contributed by atoms with Gasteiger partial charge in [-0.15, -0.1) is 0 Å². The molecule has 2 atom stereocenters. The molecule has 0 aromatic rings. The third-order valence-electron chi connectivity index (χ3n) is 5.35. The minimum absolute atomic E-state index is 0.106. The molecule has 0 N–H and O–H groups in total. The van der Waals surface area contributed by atoms with Gasteiger partial charge in [0.05, 0.1) is 11.2 Å². The lowest BCUT2D eigenvalue weighted by Crippen LogP contribution is -2.41. The van der Waals surface area contributed by atoms with E-state index in [4.69, 9.17) is 9.31 Å². The Hall–Kier alpha value is -0.345. The third kappa shape index (κ3) is 1.53. The molecular formula is C13H21BO3. The highest BCUT2D eigenvalue weighted by molar-refractivity contribution is 6.51. The Morgan fingerprint density at radius 3 is 2.29 bits per heavy atom. The zero-order valence-electron chi connectivity index (χ0n) is 11.2. The molecule has 3 fully saturated rings. The van der Waals surface area contributed by atoms with Crippen LogP contribution in [0.2, 0.25) is 5.31 Å². The number of fused-ring (bicyclic) bond motifs is 1. The molecule has 94 valence electrons. The molecule has 1 saturated heterocycles. The summed E-state index contributed by atoms with van der Waals surface area (Å²) in [6.45, 7) is 8.37. The van der Waals surface area contributed by atoms with Crippen molar-refractivity contribution in [1.82, 2.24) is 0 Å². The van der Waals surface area contributed by atoms with Gasteiger partial charge in [0, 0.05) is 18.2 Å². The van der Waals surface area contributed by atoms with Crippen molar-refractivity contribution >= 4 is 12.9 Å². The number of ketones is 1. The molecule has 2 saturated carbocycles. The van der Waals surface area contributed by atoms with Gasteiger partial charge in [-0.25, -0.2) is 0 Å². The van der Waals surface area contributed by atoms with Crippen LogP contribution >= 0.6 is 0 Å². The number of hydrogen-bond donors (Lipinski definition) is 0. The fourth-order valence-electron chi connectivity index (χ4n) is 3.21. The Labute approximate surface area is 103 Å². The van der Waals surface area contributed by atoms with E-state index in [9.17, 15) is 4.79 Å². The molecule has 1 heterocycles. The summed E-state index contributed by atoms with van der Waals surface area (Å²) >= 11 is 0. The van der Waals surface area contributed by atoms with Crippen LogP contribution in [0.4, 0.5) is 0 Å². The van der Waals surface area contributed by atoms with E-state index in [2.05, 4.69) is 27.7 Å². The number of Topliss-reactive ketones (excluding diaryl/α,β-unsaturated/α-hetero) is 1. The smallest absolute Gasteiger partial charge is 0.403 e. The van der Waals surface area contributed by atoms with Crippen molar-refractivity contribution < 1.29 is 14.1 Å². The predicted molar refractivity (Wildman–Crippen MR) is 65.7 cm³/mol. The summed E-state index contributed by atoms with van der Waals surface area (Å²) in [5, 5.41) is 0.152. The quantitative estimate of drug-likeness (QED) is 0.656. The lowest BCUT2D eigenvalue weighted by molar-refractivity contribution is -0.120. The summed E-state index contributed by atoms with van der Waals surface area (Å²) < 4.78 is 12.3. The first kappa shape index (κ1) is 11.7. The lowest BCUT2D eigenvalue weighted by atomic mass is 9.61. The first-order chi connectivity index (χ1) is 7.77. The van der Waals surface area contributed by atoms with E-state index in [-0.39, 0.29) is 23.6 Å². The van der Waals surface area contributed by atoms with E-state index < -0.39 is 0 Å². The maximum Gasteiger partial charge on any atom is 0.464 e. The van der Waals surface area contributed by atoms with Crippen LogP contribution in [0.15, 0.2) is 0 Å². The zero-order chi connectivity index (χ0) is 12.5. The molecule has 3 rings (SSSR count). The van der Waals surface area contributed by atoms with E-state index in [0.717, 1.165) is 19.3 Å². The minimum Gasteiger partial charge on any atom is -0.403 e. The van der Waals surface area contributed by atoms with Gasteiger partial charge in [0.15, 0.2) is 0 Å². The van der Waals surface area contributed by atoms with Crippen LogP contribution < -0.4 is 0 Å². The summed E-state index contributed by atoms with van der Waals surface area (Å²) in [6, 6.07) is 0. The molecular weight excluding hydrogens is 215 g/mol. The van der Waals surface area contributed by atoms with E-state index in [0.29, 0.717) is 18.1 Å². The molecule has 3 nitrogen and oxygen atoms in total. The first-order valence-electron chi connectivity index (χ1n) is 6.64. The van der Waals surface area contributed by atoms with Crippen LogP contribution in [-0.2, 0) is 14.1 Å². The highest BCUT2D eigenvalue weighted by Gasteiger charge is 2.70. The van der Waals surface area contributed by atoms with Crippen LogP contribution in [-0.4, -0.2) is 24.1 Å². The van der Waals surface area contributed by atoms with E-state index in [1.165, 1.54) is 0 Å². The van der Waals surface area contributed by atoms with Crippen molar-refractivity contribution in [2.75, 3.05) is 0 Å². The molecule has 2 unspecified atom stereocenters. The second-order valence-corrected chi connectivity index (χ2v) is 6.97. The largest absolute Gasteiger partial charge is 0.464 e. The van der Waals surface area contributed by atoms with Gasteiger partial charge in [-0.3, -0.25) is 4.79 Å². The van der Waals surface area contributed by atoms with Crippen LogP contribution in [0.25, 0.3) is 0 Å². The van der Waals surface area contributed by atoms with Crippen molar-refractivity contribution in [3.05, 3.63) is 0 Å². The molecule has 0 aromatic heterocycles. The van der Waals surface area contributed by atoms with Gasteiger partial charge < -0.3 is 9.31 Å². The van der Waals surface area contributed by atoms with Gasteiger partial charge >= 0.3 is 7.12 Å². The molecule has 0 spiro atoms. The third-order valence-corrected chi connectivity index (χ3v) is 5.35. The number of hydrogen-bond acceptors (Lipinski definition) is 3. The summed E-state index contributed by atoms with van der Waals surface area (Å²) in [5.74, 6) is 0.929. The topological polar surface area (TPSA) is 35.5 Å². The second kappa shape index (κ2) is 3.15. The average molecular weight is 236 g/mol. The molecule has 17 heavy (non-hydrogen) atoms. The van der Waals surface area contributed by atoms with Crippen molar-refractivity contribution in [3.63, 3.8) is 0 Å². The Morgan fingerprint density at radius 2 is 1.76 bits per heavy atom. The SMILES string of the molecule is CC1(C)OB(C23CCC(=O)CC2C3)OC1(C)C. The van der Waals surface area contributed by atoms with Crippen molar-refractivity contribution in [3.8, 4) is 0 Å². The van der Waals surface area contributed by atoms with Crippen molar-refractivity contribution in [1.29, 1.82) is 0 Å². The van der Waals surface area contributed by atoms with Crippen LogP contribution in [0.5, 0.6) is 0 Å². The summed E-state index contributed by atoms with van der Waals surface area (Å²) in [5.41, 5.74) is -0.498. The van der Waals surface area contributed by atoms with Crippen molar-refractivity contribution in [2.24, 2.45) is 5.92 Å². The molecule has 2 aliphatic carbocycles. The van der Waals surface area contributed by atoms with E-state index >= 15 is 0 Å². The number of carbonyl (C=O) groups excluding carboxylic acids is 1. The maximum absolute atomic E-state index is 11.4. The average Bonchev–Trinajstić information content (AvgIpc) is 2.84. The van der Waals surface area contributed by atoms with E-state index in [1.54, 1.807) is 0 Å². The standard InChI is InChI=1S/C13H21BO3/c1-11(2)12(3,4)17-14(16-11)13-6-5-10(15)7-9(13)8-13/h9H,5-8H2,1-4H3. The molecule has 4 heteroatoms. The Bertz CT molecular complexity index is 361. The second-order valence-electron chi connectivity index (χ2n) is 6.97. The highest BCUT2D eigenvalue weighted by Crippen LogP contribution is 2.70. The Balaban J connectivity index is 1.79. The number of rotatable bonds is 1. The normalized spacial score (nSPS) is 42.5. The van der Waals surface area contributed by atoms with Gasteiger partial charge in [-0.1, -0.05) is 0 Å². The monoisotopic (exact) mass is 236 g/mol. The van der Waals surface area contributed by atoms with Crippen LogP contribution in [0.1, 0.15) is 53.4 Å². The fourth-order valence-corrected chi connectivity index (χ4v) is 3.21. The van der Waals surface area contributed by atoms with Gasteiger partial charge in [0.2, 0.25) is 0 Å². The van der Waals surface area contributed by atoms with Gasteiger partial charge in [0.25, 0.3) is 0 Å². The molecule has 0 aromatic carbocycles. The Kier molecular flexibility index (Phi) is 2.18. The number of carbonyl (C=O) groups is 1. The fraction of sp³-hybridized carbons (Fsp3) is 0.923. The molecule has 0 radical (unpaired) electrons. The van der Waals surface area contributed by atoms with Gasteiger partial charge in [-0.05, 0) is 46.5 Å². The van der Waals surface area contributed by atoms with E-state index in [1.807, 2.05) is 0 Å². The summed E-state index contributed by atoms with van der Waals surface area (Å²) in [7, 11) is -0.106. The summed E-state index contributed by atoms with van der Waals surface area (Å²) in [4.78, 5) is 11.4. The molecule has 0 amide bonds. The molecule has 1 aliphatic heterocycles. The predicted octanol–water partition coefficient (Wildman–Crippen LogP) is 2.59. The summed E-state index contributed by atoms with van der Waals surface area (Å²) in [6.07, 6.45) is 3.51.